The molecule has 2 heterocycles. The Morgan fingerprint density at radius 2 is 2.03 bits per heavy atom. The molecule has 9 heteroatoms. The SMILES string of the molecule is CC1(C)CC(=O)C2=C(C1)OC(N)=C(C#N)[C@H]2c1ccc(COc2ccccc2[N+](=O)[O-])o1. The smallest absolute Gasteiger partial charge is 0.310 e. The lowest BCUT2D eigenvalue weighted by Gasteiger charge is -2.36. The number of allylic oxidation sites excluding steroid dienone is 3. The number of Topliss-reactive ketones (excluding diaryl/α,β-unsaturated/α-hetero) is 1. The third kappa shape index (κ3) is 3.83. The normalized spacial score (nSPS) is 19.8. The lowest BCUT2D eigenvalue weighted by molar-refractivity contribution is -0.386. The van der Waals surface area contributed by atoms with Crippen molar-refractivity contribution >= 4 is 11.5 Å². The fraction of sp³-hybridized carbons (Fsp3) is 0.304. The summed E-state index contributed by atoms with van der Waals surface area (Å²) in [7, 11) is 0. The van der Waals surface area contributed by atoms with Gasteiger partial charge in [-0.25, -0.2) is 0 Å². The predicted molar refractivity (Wildman–Crippen MR) is 112 cm³/mol. The molecule has 2 N–H and O–H groups in total. The maximum absolute atomic E-state index is 13.0. The molecule has 0 saturated heterocycles. The van der Waals surface area contributed by atoms with Crippen molar-refractivity contribution < 1.29 is 23.6 Å². The van der Waals surface area contributed by atoms with Crippen LogP contribution in [0, 0.1) is 26.9 Å². The van der Waals surface area contributed by atoms with E-state index in [0.29, 0.717) is 35.7 Å². The van der Waals surface area contributed by atoms with Crippen molar-refractivity contribution in [2.75, 3.05) is 0 Å². The zero-order valence-corrected chi connectivity index (χ0v) is 17.6. The number of hydrogen-bond acceptors (Lipinski definition) is 8. The first-order chi connectivity index (χ1) is 15.2. The van der Waals surface area contributed by atoms with E-state index in [1.54, 1.807) is 24.3 Å². The van der Waals surface area contributed by atoms with Gasteiger partial charge >= 0.3 is 5.69 Å². The first kappa shape index (κ1) is 21.2. The van der Waals surface area contributed by atoms with E-state index in [0.717, 1.165) is 0 Å². The summed E-state index contributed by atoms with van der Waals surface area (Å²) >= 11 is 0. The van der Waals surface area contributed by atoms with E-state index in [1.165, 1.54) is 12.1 Å². The van der Waals surface area contributed by atoms with Crippen LogP contribution >= 0.6 is 0 Å². The molecule has 9 nitrogen and oxygen atoms in total. The molecule has 4 rings (SSSR count). The molecule has 2 aliphatic rings. The molecule has 1 aliphatic heterocycles. The number of nitrogens with two attached hydrogens (primary N) is 1. The van der Waals surface area contributed by atoms with Crippen LogP contribution in [0.15, 0.2) is 63.6 Å². The summed E-state index contributed by atoms with van der Waals surface area (Å²) in [5.41, 5.74) is 6.06. The highest BCUT2D eigenvalue weighted by molar-refractivity contribution is 5.99. The molecule has 0 saturated carbocycles. The number of nitrogens with zero attached hydrogens (tertiary/aromatic N) is 2. The summed E-state index contributed by atoms with van der Waals surface area (Å²) in [6.07, 6.45) is 0.830. The number of hydrogen-bond donors (Lipinski definition) is 1. The molecule has 1 aromatic heterocycles. The molecular formula is C23H21N3O6. The summed E-state index contributed by atoms with van der Waals surface area (Å²) < 4.78 is 17.1. The average molecular weight is 435 g/mol. The van der Waals surface area contributed by atoms with Gasteiger partial charge in [0.2, 0.25) is 5.88 Å². The van der Waals surface area contributed by atoms with E-state index in [4.69, 9.17) is 19.6 Å². The summed E-state index contributed by atoms with van der Waals surface area (Å²) in [5, 5.41) is 20.8. The van der Waals surface area contributed by atoms with Crippen molar-refractivity contribution in [1.29, 1.82) is 5.26 Å². The minimum Gasteiger partial charge on any atom is -0.479 e. The standard InChI is InChI=1S/C23H21N3O6/c1-23(2)9-16(27)21-19(10-23)32-22(25)14(11-24)20(21)18-8-7-13(31-18)12-30-17-6-4-3-5-15(17)26(28)29/h3-8,20H,9-10,12,25H2,1-2H3/t20-/m0/s1. The quantitative estimate of drug-likeness (QED) is 0.543. The third-order valence-corrected chi connectivity index (χ3v) is 5.47. The Balaban J connectivity index is 1.64. The van der Waals surface area contributed by atoms with Crippen molar-refractivity contribution in [3.05, 3.63) is 80.8 Å². The molecular weight excluding hydrogens is 414 g/mol. The Kier molecular flexibility index (Phi) is 5.22. The highest BCUT2D eigenvalue weighted by Gasteiger charge is 2.44. The number of nitro benzene ring substituents is 1. The largest absolute Gasteiger partial charge is 0.479 e. The van der Waals surface area contributed by atoms with Gasteiger partial charge in [-0.2, -0.15) is 5.26 Å². The van der Waals surface area contributed by atoms with Crippen molar-refractivity contribution in [2.24, 2.45) is 11.1 Å². The van der Waals surface area contributed by atoms with E-state index < -0.39 is 10.8 Å². The molecule has 0 unspecified atom stereocenters. The van der Waals surface area contributed by atoms with Gasteiger partial charge in [-0.15, -0.1) is 0 Å². The van der Waals surface area contributed by atoms with Crippen LogP contribution in [0.1, 0.15) is 44.1 Å². The first-order valence-electron chi connectivity index (χ1n) is 9.99. The monoisotopic (exact) mass is 435 g/mol. The fourth-order valence-corrected chi connectivity index (χ4v) is 4.08. The van der Waals surface area contributed by atoms with E-state index in [9.17, 15) is 20.2 Å². The fourth-order valence-electron chi connectivity index (χ4n) is 4.08. The lowest BCUT2D eigenvalue weighted by Crippen LogP contribution is -2.33. The van der Waals surface area contributed by atoms with Crippen molar-refractivity contribution in [2.45, 2.75) is 39.2 Å². The van der Waals surface area contributed by atoms with Crippen LogP contribution in [0.4, 0.5) is 5.69 Å². The number of nitro groups is 1. The Hall–Kier alpha value is -4.06. The Bertz CT molecular complexity index is 1210. The molecule has 1 atom stereocenters. The summed E-state index contributed by atoms with van der Waals surface area (Å²) in [5.74, 6) is 0.374. The number of ketones is 1. The molecule has 0 bridgehead atoms. The number of ether oxygens (including phenoxy) is 2. The number of furan rings is 1. The Labute approximate surface area is 183 Å². The first-order valence-corrected chi connectivity index (χ1v) is 9.99. The molecule has 0 amide bonds. The van der Waals surface area contributed by atoms with E-state index in [-0.39, 0.29) is 40.7 Å². The molecule has 1 aliphatic carbocycles. The van der Waals surface area contributed by atoms with Crippen molar-refractivity contribution in [3.8, 4) is 11.8 Å². The van der Waals surface area contributed by atoms with Crippen LogP contribution in [0.2, 0.25) is 0 Å². The second-order valence-corrected chi connectivity index (χ2v) is 8.52. The molecule has 0 fully saturated rings. The number of rotatable bonds is 5. The van der Waals surface area contributed by atoms with Gasteiger partial charge < -0.3 is 19.6 Å². The van der Waals surface area contributed by atoms with Gasteiger partial charge in [0.15, 0.2) is 11.5 Å². The van der Waals surface area contributed by atoms with Crippen LogP contribution < -0.4 is 10.5 Å². The minimum atomic E-state index is -0.771. The molecule has 164 valence electrons. The molecule has 1 aromatic carbocycles. The van der Waals surface area contributed by atoms with Gasteiger partial charge in [0.05, 0.1) is 10.8 Å². The van der Waals surface area contributed by atoms with Crippen LogP contribution in [0.5, 0.6) is 5.75 Å². The number of nitriles is 1. The van der Waals surface area contributed by atoms with E-state index in [2.05, 4.69) is 0 Å². The second-order valence-electron chi connectivity index (χ2n) is 8.52. The number of carbonyl (C=O) groups excluding carboxylic acids is 1. The predicted octanol–water partition coefficient (Wildman–Crippen LogP) is 4.22. The Morgan fingerprint density at radius 3 is 2.75 bits per heavy atom. The van der Waals surface area contributed by atoms with Gasteiger partial charge in [-0.3, -0.25) is 14.9 Å². The maximum atomic E-state index is 13.0. The van der Waals surface area contributed by atoms with Crippen LogP contribution in [-0.2, 0) is 16.1 Å². The van der Waals surface area contributed by atoms with E-state index >= 15 is 0 Å². The van der Waals surface area contributed by atoms with Gasteiger partial charge in [-0.1, -0.05) is 26.0 Å². The molecule has 0 spiro atoms. The highest BCUT2D eigenvalue weighted by Crippen LogP contribution is 2.48. The topological polar surface area (TPSA) is 142 Å². The molecule has 2 aromatic rings. The minimum absolute atomic E-state index is 0.0455. The molecule has 0 radical (unpaired) electrons. The summed E-state index contributed by atoms with van der Waals surface area (Å²) in [6, 6.07) is 11.4. The lowest BCUT2D eigenvalue weighted by atomic mass is 9.71. The summed E-state index contributed by atoms with van der Waals surface area (Å²) in [6.45, 7) is 3.87. The number of para-hydroxylation sites is 2. The maximum Gasteiger partial charge on any atom is 0.310 e. The van der Waals surface area contributed by atoms with Crippen LogP contribution in [-0.4, -0.2) is 10.7 Å². The average Bonchev–Trinajstić information content (AvgIpc) is 3.19. The van der Waals surface area contributed by atoms with Gasteiger partial charge in [0.1, 0.15) is 35.5 Å². The van der Waals surface area contributed by atoms with Crippen molar-refractivity contribution in [1.82, 2.24) is 0 Å². The highest BCUT2D eigenvalue weighted by atomic mass is 16.6. The van der Waals surface area contributed by atoms with E-state index in [1.807, 2.05) is 19.9 Å². The zero-order chi connectivity index (χ0) is 23.0. The number of benzene rings is 1. The number of carbonyl (C=O) groups is 1. The van der Waals surface area contributed by atoms with Crippen LogP contribution in [0.25, 0.3) is 0 Å². The second kappa shape index (κ2) is 7.89. The van der Waals surface area contributed by atoms with Gasteiger partial charge in [0.25, 0.3) is 0 Å². The van der Waals surface area contributed by atoms with Crippen molar-refractivity contribution in [3.63, 3.8) is 0 Å². The van der Waals surface area contributed by atoms with Gasteiger partial charge in [-0.05, 0) is 23.6 Å². The van der Waals surface area contributed by atoms with Crippen LogP contribution in [0.3, 0.4) is 0 Å². The van der Waals surface area contributed by atoms with Gasteiger partial charge in [0, 0.05) is 24.5 Å². The Morgan fingerprint density at radius 1 is 1.28 bits per heavy atom. The third-order valence-electron chi connectivity index (χ3n) is 5.47. The molecule has 32 heavy (non-hydrogen) atoms. The zero-order valence-electron chi connectivity index (χ0n) is 17.6. The summed E-state index contributed by atoms with van der Waals surface area (Å²) in [4.78, 5) is 23.6.